The predicted octanol–water partition coefficient (Wildman–Crippen LogP) is 2.89. The van der Waals surface area contributed by atoms with E-state index in [1.165, 1.54) is 0 Å². The third-order valence-electron chi connectivity index (χ3n) is 5.81. The summed E-state index contributed by atoms with van der Waals surface area (Å²) in [4.78, 5) is 50.4. The summed E-state index contributed by atoms with van der Waals surface area (Å²) in [6.45, 7) is 0.451. The van der Waals surface area contributed by atoms with Crippen LogP contribution in [0.4, 0.5) is 5.69 Å². The fourth-order valence-corrected chi connectivity index (χ4v) is 4.16. The van der Waals surface area contributed by atoms with Gasteiger partial charge in [-0.05, 0) is 34.9 Å². The number of amides is 2. The van der Waals surface area contributed by atoms with Crippen LogP contribution in [0.25, 0.3) is 10.8 Å². The molecule has 1 aliphatic heterocycles. The number of rotatable bonds is 6. The summed E-state index contributed by atoms with van der Waals surface area (Å²) in [7, 11) is 0. The Kier molecular flexibility index (Phi) is 4.47. The Balaban J connectivity index is 1.32. The normalized spacial score (nSPS) is 13.2. The van der Waals surface area contributed by atoms with Crippen molar-refractivity contribution in [1.82, 2.24) is 4.90 Å². The lowest BCUT2D eigenvalue weighted by Gasteiger charge is -2.17. The number of anilines is 1. The number of hydrogen-bond donors (Lipinski definition) is 1. The fraction of sp³-hybridized carbons (Fsp3) is 0.120. The average molecular weight is 410 g/mol. The van der Waals surface area contributed by atoms with Gasteiger partial charge in [0.1, 0.15) is 0 Å². The highest BCUT2D eigenvalue weighted by molar-refractivity contribution is 6.21. The van der Waals surface area contributed by atoms with E-state index in [4.69, 9.17) is 0 Å². The molecule has 0 unspecified atom stereocenters. The fourth-order valence-electron chi connectivity index (χ4n) is 4.16. The summed E-state index contributed by atoms with van der Waals surface area (Å²) in [6.07, 6.45) is 0.147. The highest BCUT2D eigenvalue weighted by Gasteiger charge is 2.35. The maximum Gasteiger partial charge on any atom is 0.261 e. The molecule has 4 aromatic rings. The maximum atomic E-state index is 12.5. The minimum absolute atomic E-state index is 0.0557. The van der Waals surface area contributed by atoms with E-state index in [-0.39, 0.29) is 30.5 Å². The minimum Gasteiger partial charge on any atom is -0.377 e. The topological polar surface area (TPSA) is 83.6 Å². The first kappa shape index (κ1) is 18.9. The van der Waals surface area contributed by atoms with Gasteiger partial charge in [0.15, 0.2) is 0 Å². The molecule has 1 heterocycles. The second-order valence-corrected chi connectivity index (χ2v) is 7.56. The number of nitrogens with one attached hydrogen (secondary N) is 1. The zero-order valence-corrected chi connectivity index (χ0v) is 16.6. The molecule has 4 aromatic carbocycles. The molecule has 0 atom stereocenters. The lowest BCUT2D eigenvalue weighted by atomic mass is 10.0. The number of hydrogen-bond acceptors (Lipinski definition) is 5. The van der Waals surface area contributed by atoms with Crippen LogP contribution in [0, 0.1) is 0 Å². The van der Waals surface area contributed by atoms with Gasteiger partial charge in [0.05, 0.1) is 16.8 Å². The Morgan fingerprint density at radius 1 is 0.710 bits per heavy atom. The van der Waals surface area contributed by atoms with Crippen LogP contribution in [0.5, 0.6) is 0 Å². The van der Waals surface area contributed by atoms with Gasteiger partial charge < -0.3 is 5.32 Å². The van der Waals surface area contributed by atoms with E-state index < -0.39 is 10.9 Å². The Hall–Kier alpha value is -4.06. The number of carbonyl (C=O) groups is 2. The van der Waals surface area contributed by atoms with Crippen LogP contribution in [0.1, 0.15) is 31.8 Å². The molecule has 0 fully saturated rings. The summed E-state index contributed by atoms with van der Waals surface area (Å²) < 4.78 is 0. The zero-order chi connectivity index (χ0) is 21.5. The van der Waals surface area contributed by atoms with Gasteiger partial charge in [-0.15, -0.1) is 0 Å². The van der Waals surface area contributed by atoms with Crippen LogP contribution in [-0.2, 0) is 13.0 Å². The average Bonchev–Trinajstić information content (AvgIpc) is 3.05. The molecule has 0 aliphatic carbocycles. The Morgan fingerprint density at radius 2 is 1.35 bits per heavy atom. The van der Waals surface area contributed by atoms with Gasteiger partial charge in [-0.2, -0.15) is 0 Å². The Labute approximate surface area is 177 Å². The lowest BCUT2D eigenvalue weighted by molar-refractivity contribution is 0.0656. The molecule has 152 valence electrons. The zero-order valence-electron chi connectivity index (χ0n) is 16.6. The van der Waals surface area contributed by atoms with E-state index in [0.717, 1.165) is 21.2 Å². The van der Waals surface area contributed by atoms with Crippen molar-refractivity contribution < 1.29 is 9.59 Å². The van der Waals surface area contributed by atoms with Crippen LogP contribution >= 0.6 is 0 Å². The molecule has 1 N–H and O–H groups in total. The molecule has 6 heteroatoms. The molecular formula is C25H18N2O4. The Bertz CT molecular complexity index is 1390. The van der Waals surface area contributed by atoms with Crippen molar-refractivity contribution >= 4 is 28.3 Å². The van der Waals surface area contributed by atoms with E-state index in [0.29, 0.717) is 23.2 Å². The molecule has 0 saturated heterocycles. The van der Waals surface area contributed by atoms with Gasteiger partial charge in [-0.3, -0.25) is 24.1 Å². The molecule has 1 aliphatic rings. The number of nitrogens with zero attached hydrogens (tertiary/aromatic N) is 1. The molecule has 0 radical (unpaired) electrons. The SMILES string of the molecule is O=C1c2ccccc2C(=O)N1CCc1c(NCc2cccc3ccccc23)c(=O)c1=O. The van der Waals surface area contributed by atoms with Crippen LogP contribution < -0.4 is 16.2 Å². The van der Waals surface area contributed by atoms with Gasteiger partial charge in [-0.1, -0.05) is 54.6 Å². The molecule has 2 amide bonds. The summed E-state index contributed by atoms with van der Waals surface area (Å²) in [5.74, 6) is -0.742. The molecule has 5 rings (SSSR count). The van der Waals surface area contributed by atoms with Crippen LogP contribution in [0.2, 0.25) is 0 Å². The first-order chi connectivity index (χ1) is 15.1. The molecule has 0 spiro atoms. The van der Waals surface area contributed by atoms with Crippen LogP contribution in [0.3, 0.4) is 0 Å². The molecule has 31 heavy (non-hydrogen) atoms. The predicted molar refractivity (Wildman–Crippen MR) is 118 cm³/mol. The summed E-state index contributed by atoms with van der Waals surface area (Å²) in [5, 5.41) is 5.26. The van der Waals surface area contributed by atoms with Crippen molar-refractivity contribution in [3.8, 4) is 0 Å². The van der Waals surface area contributed by atoms with Gasteiger partial charge >= 0.3 is 0 Å². The number of carbonyl (C=O) groups excluding carboxylic acids is 2. The summed E-state index contributed by atoms with van der Waals surface area (Å²) in [6, 6.07) is 20.5. The molecular weight excluding hydrogens is 392 g/mol. The third kappa shape index (κ3) is 3.04. The van der Waals surface area contributed by atoms with Crippen LogP contribution in [0.15, 0.2) is 76.3 Å². The van der Waals surface area contributed by atoms with Gasteiger partial charge in [0.2, 0.25) is 10.9 Å². The highest BCUT2D eigenvalue weighted by atomic mass is 16.2. The second-order valence-electron chi connectivity index (χ2n) is 7.56. The van der Waals surface area contributed by atoms with Gasteiger partial charge in [-0.25, -0.2) is 0 Å². The van der Waals surface area contributed by atoms with E-state index in [1.807, 2.05) is 42.5 Å². The van der Waals surface area contributed by atoms with E-state index in [1.54, 1.807) is 24.3 Å². The number of imide groups is 1. The first-order valence-electron chi connectivity index (χ1n) is 10.0. The van der Waals surface area contributed by atoms with E-state index >= 15 is 0 Å². The third-order valence-corrected chi connectivity index (χ3v) is 5.81. The van der Waals surface area contributed by atoms with Crippen LogP contribution in [-0.4, -0.2) is 23.3 Å². The molecule has 0 saturated carbocycles. The van der Waals surface area contributed by atoms with Crippen molar-refractivity contribution in [2.75, 3.05) is 11.9 Å². The monoisotopic (exact) mass is 410 g/mol. The van der Waals surface area contributed by atoms with Crippen molar-refractivity contribution in [2.24, 2.45) is 0 Å². The largest absolute Gasteiger partial charge is 0.377 e. The Morgan fingerprint density at radius 3 is 2.10 bits per heavy atom. The summed E-state index contributed by atoms with van der Waals surface area (Å²) in [5.41, 5.74) is 1.24. The minimum atomic E-state index is -0.558. The highest BCUT2D eigenvalue weighted by Crippen LogP contribution is 2.24. The van der Waals surface area contributed by atoms with E-state index in [9.17, 15) is 19.2 Å². The lowest BCUT2D eigenvalue weighted by Crippen LogP contribution is -2.41. The molecule has 0 bridgehead atoms. The van der Waals surface area contributed by atoms with E-state index in [2.05, 4.69) is 5.32 Å². The quantitative estimate of drug-likeness (QED) is 0.390. The molecule has 0 aromatic heterocycles. The van der Waals surface area contributed by atoms with Crippen molar-refractivity contribution in [2.45, 2.75) is 13.0 Å². The van der Waals surface area contributed by atoms with Crippen molar-refractivity contribution in [3.63, 3.8) is 0 Å². The first-order valence-corrected chi connectivity index (χ1v) is 10.0. The van der Waals surface area contributed by atoms with Crippen molar-refractivity contribution in [1.29, 1.82) is 0 Å². The number of fused-ring (bicyclic) bond motifs is 2. The number of benzene rings is 3. The maximum absolute atomic E-state index is 12.5. The standard InChI is InChI=1S/C25H18N2O4/c28-22-20(12-13-27-24(30)18-10-3-4-11-19(18)25(27)31)21(23(22)29)26-14-16-8-5-7-15-6-1-2-9-17(15)16/h1-11,26H,12-14H2. The van der Waals surface area contributed by atoms with Gasteiger partial charge in [0, 0.05) is 18.7 Å². The van der Waals surface area contributed by atoms with Gasteiger partial charge in [0.25, 0.3) is 11.8 Å². The smallest absolute Gasteiger partial charge is 0.261 e. The van der Waals surface area contributed by atoms with Crippen molar-refractivity contribution in [3.05, 3.63) is 109 Å². The summed E-state index contributed by atoms with van der Waals surface area (Å²) >= 11 is 0. The second kappa shape index (κ2) is 7.32. The molecule has 6 nitrogen and oxygen atoms in total.